The van der Waals surface area contributed by atoms with Crippen LogP contribution in [0.4, 0.5) is 0 Å². The first-order valence-corrected chi connectivity index (χ1v) is 12.3. The van der Waals surface area contributed by atoms with E-state index in [1.807, 2.05) is 49.7 Å². The SMILES string of the molecule is CCOc1cc(Cl)ccc1Cn1nc(OC(C)C)cc1CCCOc1c(CC(=O)O)cccc1OC. The molecule has 194 valence electrons. The number of carboxylic acid groups (broad SMARTS) is 1. The second-order valence-corrected chi connectivity index (χ2v) is 8.89. The van der Waals surface area contributed by atoms with Crippen molar-refractivity contribution < 1.29 is 28.8 Å². The van der Waals surface area contributed by atoms with Crippen molar-refractivity contribution in [2.45, 2.75) is 52.7 Å². The van der Waals surface area contributed by atoms with Gasteiger partial charge in [0, 0.05) is 27.9 Å². The lowest BCUT2D eigenvalue weighted by atomic mass is 10.1. The summed E-state index contributed by atoms with van der Waals surface area (Å²) in [4.78, 5) is 11.3. The Labute approximate surface area is 216 Å². The first-order valence-electron chi connectivity index (χ1n) is 12.0. The van der Waals surface area contributed by atoms with Crippen LogP contribution in [0.5, 0.6) is 23.1 Å². The Kier molecular flexibility index (Phi) is 9.87. The van der Waals surface area contributed by atoms with Gasteiger partial charge in [0.2, 0.25) is 5.88 Å². The molecule has 0 saturated heterocycles. The fraction of sp³-hybridized carbons (Fsp3) is 0.407. The van der Waals surface area contributed by atoms with Gasteiger partial charge in [0.1, 0.15) is 5.75 Å². The van der Waals surface area contributed by atoms with Crippen molar-refractivity contribution in [3.63, 3.8) is 0 Å². The highest BCUT2D eigenvalue weighted by molar-refractivity contribution is 6.30. The number of carbonyl (C=O) groups is 1. The molecule has 8 nitrogen and oxygen atoms in total. The number of rotatable bonds is 14. The predicted molar refractivity (Wildman–Crippen MR) is 138 cm³/mol. The van der Waals surface area contributed by atoms with Gasteiger partial charge in [-0.1, -0.05) is 29.8 Å². The largest absolute Gasteiger partial charge is 0.493 e. The average Bonchev–Trinajstić information content (AvgIpc) is 3.19. The van der Waals surface area contributed by atoms with E-state index in [0.29, 0.717) is 60.6 Å². The number of benzene rings is 2. The maximum atomic E-state index is 11.3. The van der Waals surface area contributed by atoms with Crippen LogP contribution >= 0.6 is 11.6 Å². The van der Waals surface area contributed by atoms with E-state index < -0.39 is 5.97 Å². The standard InChI is InChI=1S/C27H33ClN2O6/c1-5-34-24-15-21(28)12-11-20(24)17-30-22(16-25(29-30)36-18(2)3)9-7-13-35-27-19(14-26(31)32)8-6-10-23(27)33-4/h6,8,10-12,15-16,18H,5,7,9,13-14,17H2,1-4H3,(H,31,32). The third-order valence-corrected chi connectivity index (χ3v) is 5.53. The minimum absolute atomic E-state index is 0.00254. The van der Waals surface area contributed by atoms with Crippen LogP contribution < -0.4 is 18.9 Å². The molecule has 0 fully saturated rings. The van der Waals surface area contributed by atoms with E-state index in [1.54, 1.807) is 18.2 Å². The number of aromatic nitrogens is 2. The molecule has 3 rings (SSSR count). The quantitative estimate of drug-likeness (QED) is 0.286. The minimum atomic E-state index is -0.927. The summed E-state index contributed by atoms with van der Waals surface area (Å²) in [6, 6.07) is 12.8. The molecule has 0 spiro atoms. The Balaban J connectivity index is 1.75. The van der Waals surface area contributed by atoms with Gasteiger partial charge in [-0.3, -0.25) is 9.48 Å². The van der Waals surface area contributed by atoms with Crippen molar-refractivity contribution in [2.75, 3.05) is 20.3 Å². The molecule has 1 heterocycles. The molecule has 0 saturated carbocycles. The topological polar surface area (TPSA) is 92.0 Å². The lowest BCUT2D eigenvalue weighted by molar-refractivity contribution is -0.136. The highest BCUT2D eigenvalue weighted by atomic mass is 35.5. The van der Waals surface area contributed by atoms with E-state index in [4.69, 9.17) is 30.5 Å². The third-order valence-electron chi connectivity index (χ3n) is 5.29. The summed E-state index contributed by atoms with van der Waals surface area (Å²) >= 11 is 6.17. The molecule has 0 bridgehead atoms. The van der Waals surface area contributed by atoms with Gasteiger partial charge < -0.3 is 24.1 Å². The maximum Gasteiger partial charge on any atom is 0.307 e. The van der Waals surface area contributed by atoms with Crippen LogP contribution in [0.25, 0.3) is 0 Å². The van der Waals surface area contributed by atoms with Crippen LogP contribution in [-0.4, -0.2) is 47.3 Å². The first-order chi connectivity index (χ1) is 17.3. The Morgan fingerprint density at radius 3 is 2.61 bits per heavy atom. The summed E-state index contributed by atoms with van der Waals surface area (Å²) in [5, 5.41) is 14.5. The van der Waals surface area contributed by atoms with E-state index in [1.165, 1.54) is 7.11 Å². The number of aryl methyl sites for hydroxylation is 1. The van der Waals surface area contributed by atoms with Crippen LogP contribution in [0.15, 0.2) is 42.5 Å². The van der Waals surface area contributed by atoms with Crippen LogP contribution in [0, 0.1) is 0 Å². The molecule has 2 aromatic carbocycles. The molecule has 0 aliphatic heterocycles. The lowest BCUT2D eigenvalue weighted by Gasteiger charge is -2.15. The van der Waals surface area contributed by atoms with E-state index >= 15 is 0 Å². The average molecular weight is 517 g/mol. The predicted octanol–water partition coefficient (Wildman–Crippen LogP) is 5.42. The molecule has 1 aromatic heterocycles. The first kappa shape index (κ1) is 27.2. The number of aliphatic carboxylic acids is 1. The fourth-order valence-electron chi connectivity index (χ4n) is 3.79. The van der Waals surface area contributed by atoms with Crippen molar-refractivity contribution in [1.82, 2.24) is 9.78 Å². The van der Waals surface area contributed by atoms with Gasteiger partial charge in [-0.2, -0.15) is 0 Å². The number of methoxy groups -OCH3 is 1. The molecular weight excluding hydrogens is 484 g/mol. The van der Waals surface area contributed by atoms with Crippen LogP contribution in [0.2, 0.25) is 5.02 Å². The second-order valence-electron chi connectivity index (χ2n) is 8.45. The highest BCUT2D eigenvalue weighted by Gasteiger charge is 2.16. The summed E-state index contributed by atoms with van der Waals surface area (Å²) in [6.07, 6.45) is 1.21. The van der Waals surface area contributed by atoms with Crippen molar-refractivity contribution in [3.8, 4) is 23.1 Å². The van der Waals surface area contributed by atoms with Crippen molar-refractivity contribution in [3.05, 3.63) is 64.3 Å². The van der Waals surface area contributed by atoms with E-state index in [9.17, 15) is 9.90 Å². The van der Waals surface area contributed by atoms with Crippen molar-refractivity contribution in [1.29, 1.82) is 0 Å². The Hall–Kier alpha value is -3.39. The van der Waals surface area contributed by atoms with E-state index in [0.717, 1.165) is 17.0 Å². The van der Waals surface area contributed by atoms with Crippen LogP contribution in [-0.2, 0) is 24.2 Å². The minimum Gasteiger partial charge on any atom is -0.493 e. The second kappa shape index (κ2) is 13.1. The Morgan fingerprint density at radius 1 is 1.11 bits per heavy atom. The highest BCUT2D eigenvalue weighted by Crippen LogP contribution is 2.32. The van der Waals surface area contributed by atoms with Crippen molar-refractivity contribution in [2.24, 2.45) is 0 Å². The number of hydrogen-bond acceptors (Lipinski definition) is 6. The van der Waals surface area contributed by atoms with Crippen LogP contribution in [0.1, 0.15) is 44.0 Å². The van der Waals surface area contributed by atoms with Gasteiger partial charge in [-0.15, -0.1) is 5.10 Å². The van der Waals surface area contributed by atoms with Crippen molar-refractivity contribution >= 4 is 17.6 Å². The molecular formula is C27H33ClN2O6. The van der Waals surface area contributed by atoms with Gasteiger partial charge in [0.15, 0.2) is 11.5 Å². The van der Waals surface area contributed by atoms with Gasteiger partial charge >= 0.3 is 5.97 Å². The molecule has 9 heteroatoms. The van der Waals surface area contributed by atoms with E-state index in [2.05, 4.69) is 5.10 Å². The molecule has 0 amide bonds. The van der Waals surface area contributed by atoms with Gasteiger partial charge in [0.25, 0.3) is 0 Å². The van der Waals surface area contributed by atoms with Gasteiger partial charge in [-0.25, -0.2) is 0 Å². The van der Waals surface area contributed by atoms with E-state index in [-0.39, 0.29) is 12.5 Å². The summed E-state index contributed by atoms with van der Waals surface area (Å²) in [5.74, 6) is 1.33. The number of nitrogens with zero attached hydrogens (tertiary/aromatic N) is 2. The van der Waals surface area contributed by atoms with Crippen LogP contribution in [0.3, 0.4) is 0 Å². The zero-order chi connectivity index (χ0) is 26.1. The molecule has 0 atom stereocenters. The summed E-state index contributed by atoms with van der Waals surface area (Å²) in [6.45, 7) is 7.26. The molecule has 0 unspecified atom stereocenters. The number of ether oxygens (including phenoxy) is 4. The fourth-order valence-corrected chi connectivity index (χ4v) is 3.95. The van der Waals surface area contributed by atoms with Gasteiger partial charge in [-0.05, 0) is 51.8 Å². The number of carboxylic acids is 1. The lowest BCUT2D eigenvalue weighted by Crippen LogP contribution is -2.11. The number of para-hydroxylation sites is 1. The zero-order valence-corrected chi connectivity index (χ0v) is 21.9. The molecule has 0 aliphatic carbocycles. The van der Waals surface area contributed by atoms with Gasteiger partial charge in [0.05, 0.1) is 39.4 Å². The summed E-state index contributed by atoms with van der Waals surface area (Å²) in [5.41, 5.74) is 2.52. The Bertz CT molecular complexity index is 1160. The monoisotopic (exact) mass is 516 g/mol. The molecule has 0 aliphatic rings. The molecule has 0 radical (unpaired) electrons. The summed E-state index contributed by atoms with van der Waals surface area (Å²) in [7, 11) is 1.54. The smallest absolute Gasteiger partial charge is 0.307 e. The summed E-state index contributed by atoms with van der Waals surface area (Å²) < 4.78 is 24.9. The Morgan fingerprint density at radius 2 is 1.92 bits per heavy atom. The molecule has 3 aromatic rings. The third kappa shape index (κ3) is 7.55. The number of halogens is 1. The maximum absolute atomic E-state index is 11.3. The number of hydrogen-bond donors (Lipinski definition) is 1. The molecule has 1 N–H and O–H groups in total. The molecule has 36 heavy (non-hydrogen) atoms. The zero-order valence-electron chi connectivity index (χ0n) is 21.1. The normalized spacial score (nSPS) is 10.9.